The third-order valence-electron chi connectivity index (χ3n) is 4.41. The largest absolute Gasteiger partial charge is 0.444 e. The molecule has 10 heteroatoms. The van der Waals surface area contributed by atoms with Gasteiger partial charge in [0, 0.05) is 18.2 Å². The van der Waals surface area contributed by atoms with Crippen molar-refractivity contribution in [2.75, 3.05) is 13.2 Å². The number of nitrogens with one attached hydrogen (secondary N) is 1. The van der Waals surface area contributed by atoms with Gasteiger partial charge >= 0.3 is 17.9 Å². The number of halogens is 1. The molecule has 1 fully saturated rings. The van der Waals surface area contributed by atoms with E-state index in [1.54, 1.807) is 45.0 Å². The number of aromatic nitrogens is 2. The highest BCUT2D eigenvalue weighted by atomic mass is 19.1. The number of carbonyl (C=O) groups is 2. The normalized spacial score (nSPS) is 18.7. The van der Waals surface area contributed by atoms with Gasteiger partial charge in [-0.05, 0) is 45.4 Å². The third kappa shape index (κ3) is 4.92. The summed E-state index contributed by atoms with van der Waals surface area (Å²) in [6, 6.07) is 7.38. The number of nitriles is 1. The van der Waals surface area contributed by atoms with Crippen molar-refractivity contribution in [1.29, 1.82) is 5.26 Å². The second kappa shape index (κ2) is 8.49. The minimum atomic E-state index is -0.744. The van der Waals surface area contributed by atoms with Crippen LogP contribution in [0.1, 0.15) is 43.4 Å². The highest BCUT2D eigenvalue weighted by Crippen LogP contribution is 2.23. The van der Waals surface area contributed by atoms with E-state index in [1.807, 2.05) is 6.07 Å². The Morgan fingerprint density at radius 2 is 2.17 bits per heavy atom. The molecular formula is C20H22FN5O4. The lowest BCUT2D eigenvalue weighted by Crippen LogP contribution is -2.42. The molecule has 2 aromatic rings. The molecule has 9 nitrogen and oxygen atoms in total. The van der Waals surface area contributed by atoms with Crippen molar-refractivity contribution in [3.8, 4) is 17.5 Å². The van der Waals surface area contributed by atoms with Crippen molar-refractivity contribution in [3.63, 3.8) is 0 Å². The average molecular weight is 415 g/mol. The van der Waals surface area contributed by atoms with E-state index in [1.165, 1.54) is 4.90 Å². The van der Waals surface area contributed by atoms with Crippen LogP contribution in [0, 0.1) is 11.3 Å². The Hall–Kier alpha value is -3.48. The summed E-state index contributed by atoms with van der Waals surface area (Å²) >= 11 is 0. The van der Waals surface area contributed by atoms with Crippen LogP contribution in [0.5, 0.6) is 0 Å². The standard InChI is InChI=1S/C20H22FN5O4/c1-20(2,3)30-19(28)26-11-14(8-15(26)9-21)23-16(27)18-25-24-17(29-18)13-6-4-5-12(7-13)10-22/h4-7,14-15H,8-9,11H2,1-3H3,(H,23,27). The summed E-state index contributed by atoms with van der Waals surface area (Å²) in [5.41, 5.74) is 0.222. The zero-order valence-corrected chi connectivity index (χ0v) is 16.9. The molecule has 0 spiro atoms. The minimum Gasteiger partial charge on any atom is -0.444 e. The average Bonchev–Trinajstić information content (AvgIpc) is 3.34. The summed E-state index contributed by atoms with van der Waals surface area (Å²) in [4.78, 5) is 26.1. The first-order valence-electron chi connectivity index (χ1n) is 9.40. The summed E-state index contributed by atoms with van der Waals surface area (Å²) in [7, 11) is 0. The van der Waals surface area contributed by atoms with E-state index in [-0.39, 0.29) is 24.7 Å². The first kappa shape index (κ1) is 21.2. The van der Waals surface area contributed by atoms with E-state index in [0.29, 0.717) is 11.1 Å². The minimum absolute atomic E-state index is 0.0979. The molecule has 2 amide bonds. The molecule has 0 saturated carbocycles. The lowest BCUT2D eigenvalue weighted by Gasteiger charge is -2.27. The van der Waals surface area contributed by atoms with Crippen LogP contribution in [0.15, 0.2) is 28.7 Å². The second-order valence-electron chi connectivity index (χ2n) is 7.95. The Morgan fingerprint density at radius 3 is 2.83 bits per heavy atom. The number of carbonyl (C=O) groups excluding carboxylic acids is 2. The zero-order valence-electron chi connectivity index (χ0n) is 16.9. The van der Waals surface area contributed by atoms with Crippen LogP contribution >= 0.6 is 0 Å². The van der Waals surface area contributed by atoms with E-state index < -0.39 is 36.4 Å². The van der Waals surface area contributed by atoms with Crippen LogP contribution in [0.4, 0.5) is 9.18 Å². The van der Waals surface area contributed by atoms with Gasteiger partial charge in [0.15, 0.2) is 0 Å². The van der Waals surface area contributed by atoms with Crippen molar-refractivity contribution in [2.45, 2.75) is 44.9 Å². The Kier molecular flexibility index (Phi) is 6.01. The topological polar surface area (TPSA) is 121 Å². The molecule has 30 heavy (non-hydrogen) atoms. The quantitative estimate of drug-likeness (QED) is 0.815. The molecule has 2 heterocycles. The molecule has 1 N–H and O–H groups in total. The molecule has 1 aromatic heterocycles. The maximum atomic E-state index is 13.4. The van der Waals surface area contributed by atoms with E-state index in [9.17, 15) is 14.0 Å². The van der Waals surface area contributed by atoms with Crippen molar-refractivity contribution >= 4 is 12.0 Å². The van der Waals surface area contributed by atoms with Gasteiger partial charge in [-0.25, -0.2) is 9.18 Å². The van der Waals surface area contributed by atoms with Crippen molar-refractivity contribution in [3.05, 3.63) is 35.7 Å². The van der Waals surface area contributed by atoms with Crippen molar-refractivity contribution < 1.29 is 23.1 Å². The van der Waals surface area contributed by atoms with Crippen LogP contribution in [0.3, 0.4) is 0 Å². The van der Waals surface area contributed by atoms with E-state index in [0.717, 1.165) is 0 Å². The number of amides is 2. The van der Waals surface area contributed by atoms with Crippen LogP contribution in [-0.2, 0) is 4.74 Å². The fourth-order valence-corrected chi connectivity index (χ4v) is 3.11. The molecule has 1 aromatic carbocycles. The molecule has 1 saturated heterocycles. The maximum Gasteiger partial charge on any atom is 0.410 e. The Balaban J connectivity index is 1.66. The van der Waals surface area contributed by atoms with Gasteiger partial charge in [-0.1, -0.05) is 6.07 Å². The van der Waals surface area contributed by atoms with E-state index in [4.69, 9.17) is 14.4 Å². The van der Waals surface area contributed by atoms with Crippen LogP contribution in [0.25, 0.3) is 11.5 Å². The number of alkyl halides is 1. The number of likely N-dealkylation sites (tertiary alicyclic amines) is 1. The lowest BCUT2D eigenvalue weighted by molar-refractivity contribution is 0.0204. The van der Waals surface area contributed by atoms with Gasteiger partial charge in [0.2, 0.25) is 5.89 Å². The summed E-state index contributed by atoms with van der Waals surface area (Å²) in [6.45, 7) is 4.55. The van der Waals surface area contributed by atoms with Gasteiger partial charge in [-0.3, -0.25) is 4.79 Å². The summed E-state index contributed by atoms with van der Waals surface area (Å²) in [5, 5.41) is 19.3. The van der Waals surface area contributed by atoms with Crippen LogP contribution in [-0.4, -0.2) is 58.0 Å². The Bertz CT molecular complexity index is 978. The molecule has 0 radical (unpaired) electrons. The lowest BCUT2D eigenvalue weighted by atomic mass is 10.1. The van der Waals surface area contributed by atoms with Crippen LogP contribution in [0.2, 0.25) is 0 Å². The Labute approximate surface area is 172 Å². The van der Waals surface area contributed by atoms with Gasteiger partial charge in [-0.15, -0.1) is 10.2 Å². The number of rotatable bonds is 4. The summed E-state index contributed by atoms with van der Waals surface area (Å²) in [5.74, 6) is -0.792. The molecule has 1 aliphatic rings. The van der Waals surface area contributed by atoms with Gasteiger partial charge < -0.3 is 19.4 Å². The fourth-order valence-electron chi connectivity index (χ4n) is 3.11. The summed E-state index contributed by atoms with van der Waals surface area (Å²) < 4.78 is 24.1. The molecule has 2 atom stereocenters. The van der Waals surface area contributed by atoms with Crippen LogP contribution < -0.4 is 5.32 Å². The molecule has 2 unspecified atom stereocenters. The molecule has 3 rings (SSSR count). The number of ether oxygens (including phenoxy) is 1. The summed E-state index contributed by atoms with van der Waals surface area (Å²) in [6.07, 6.45) is -0.383. The smallest absolute Gasteiger partial charge is 0.410 e. The zero-order chi connectivity index (χ0) is 21.9. The highest BCUT2D eigenvalue weighted by Gasteiger charge is 2.38. The monoisotopic (exact) mass is 415 g/mol. The maximum absolute atomic E-state index is 13.4. The van der Waals surface area contributed by atoms with E-state index >= 15 is 0 Å². The SMILES string of the molecule is CC(C)(C)OC(=O)N1CC(NC(=O)c2nnc(-c3cccc(C#N)c3)o2)CC1CF. The van der Waals surface area contributed by atoms with E-state index in [2.05, 4.69) is 15.5 Å². The van der Waals surface area contributed by atoms with Gasteiger partial charge in [-0.2, -0.15) is 5.26 Å². The molecule has 0 aliphatic carbocycles. The highest BCUT2D eigenvalue weighted by molar-refractivity contribution is 5.90. The predicted octanol–water partition coefficient (Wildman–Crippen LogP) is 2.69. The third-order valence-corrected chi connectivity index (χ3v) is 4.41. The first-order valence-corrected chi connectivity index (χ1v) is 9.40. The Morgan fingerprint density at radius 1 is 1.40 bits per heavy atom. The van der Waals surface area contributed by atoms with Gasteiger partial charge in [0.05, 0.1) is 17.7 Å². The molecular weight excluding hydrogens is 393 g/mol. The van der Waals surface area contributed by atoms with Gasteiger partial charge in [0.1, 0.15) is 12.3 Å². The van der Waals surface area contributed by atoms with Gasteiger partial charge in [0.25, 0.3) is 0 Å². The predicted molar refractivity (Wildman–Crippen MR) is 103 cm³/mol. The number of nitrogens with zero attached hydrogens (tertiary/aromatic N) is 4. The number of hydrogen-bond acceptors (Lipinski definition) is 7. The molecule has 1 aliphatic heterocycles. The first-order chi connectivity index (χ1) is 14.2. The second-order valence-corrected chi connectivity index (χ2v) is 7.95. The fraction of sp³-hybridized carbons (Fsp3) is 0.450. The number of benzene rings is 1. The molecule has 158 valence electrons. The van der Waals surface area contributed by atoms with Crippen molar-refractivity contribution in [2.24, 2.45) is 0 Å². The number of hydrogen-bond donors (Lipinski definition) is 1. The van der Waals surface area contributed by atoms with Crippen molar-refractivity contribution in [1.82, 2.24) is 20.4 Å². The molecule has 0 bridgehead atoms.